The highest BCUT2D eigenvalue weighted by atomic mass is 19.1. The monoisotopic (exact) mass is 291 g/mol. The summed E-state index contributed by atoms with van der Waals surface area (Å²) in [6, 6.07) is 13.1. The molecule has 0 aromatic heterocycles. The van der Waals surface area contributed by atoms with Gasteiger partial charge in [-0.15, -0.1) is 0 Å². The second kappa shape index (κ2) is 7.29. The van der Waals surface area contributed by atoms with Crippen molar-refractivity contribution in [1.29, 1.82) is 0 Å². The second-order valence-corrected chi connectivity index (χ2v) is 5.19. The lowest BCUT2D eigenvalue weighted by molar-refractivity contribution is 0.143. The quantitative estimate of drug-likeness (QED) is 0.880. The lowest BCUT2D eigenvalue weighted by atomic mass is 10.1. The molecular weight excluding hydrogens is 272 g/mol. The molecular formula is C17H19F2NO. The number of hydrogen-bond donors (Lipinski definition) is 1. The summed E-state index contributed by atoms with van der Waals surface area (Å²) in [5.74, 6) is -1.11. The Balaban J connectivity index is 1.88. The van der Waals surface area contributed by atoms with Crippen molar-refractivity contribution < 1.29 is 13.9 Å². The van der Waals surface area contributed by atoms with Gasteiger partial charge in [-0.3, -0.25) is 0 Å². The van der Waals surface area contributed by atoms with Crippen molar-refractivity contribution in [1.82, 2.24) is 4.90 Å². The molecule has 0 saturated heterocycles. The van der Waals surface area contributed by atoms with Gasteiger partial charge in [-0.25, -0.2) is 8.78 Å². The Kier molecular flexibility index (Phi) is 5.42. The molecule has 21 heavy (non-hydrogen) atoms. The summed E-state index contributed by atoms with van der Waals surface area (Å²) in [4.78, 5) is 2.04. The fourth-order valence-corrected chi connectivity index (χ4v) is 2.24. The van der Waals surface area contributed by atoms with E-state index in [0.717, 1.165) is 24.7 Å². The van der Waals surface area contributed by atoms with E-state index in [-0.39, 0.29) is 5.56 Å². The zero-order valence-corrected chi connectivity index (χ0v) is 12.0. The molecule has 0 spiro atoms. The minimum Gasteiger partial charge on any atom is -0.388 e. The van der Waals surface area contributed by atoms with E-state index in [1.807, 2.05) is 42.3 Å². The number of halogens is 2. The van der Waals surface area contributed by atoms with Gasteiger partial charge in [0.05, 0.1) is 6.10 Å². The number of hydrogen-bond acceptors (Lipinski definition) is 2. The molecule has 112 valence electrons. The highest BCUT2D eigenvalue weighted by molar-refractivity contribution is 5.21. The van der Waals surface area contributed by atoms with Crippen LogP contribution in [0, 0.1) is 11.6 Å². The van der Waals surface area contributed by atoms with Gasteiger partial charge in [0.2, 0.25) is 0 Å². The second-order valence-electron chi connectivity index (χ2n) is 5.19. The molecule has 0 aliphatic heterocycles. The predicted molar refractivity (Wildman–Crippen MR) is 78.7 cm³/mol. The van der Waals surface area contributed by atoms with Crippen molar-refractivity contribution in [2.24, 2.45) is 0 Å². The predicted octanol–water partition coefficient (Wildman–Crippen LogP) is 3.52. The van der Waals surface area contributed by atoms with Gasteiger partial charge in [0, 0.05) is 18.7 Å². The average Bonchev–Trinajstić information content (AvgIpc) is 2.48. The molecule has 1 N–H and O–H groups in total. The fourth-order valence-electron chi connectivity index (χ4n) is 2.24. The van der Waals surface area contributed by atoms with Crippen LogP contribution in [0.25, 0.3) is 0 Å². The Morgan fingerprint density at radius 1 is 1.10 bits per heavy atom. The van der Waals surface area contributed by atoms with Crippen LogP contribution < -0.4 is 0 Å². The number of rotatable bonds is 6. The van der Waals surface area contributed by atoms with E-state index in [1.165, 1.54) is 5.56 Å². The van der Waals surface area contributed by atoms with Gasteiger partial charge >= 0.3 is 0 Å². The van der Waals surface area contributed by atoms with Gasteiger partial charge in [-0.05, 0) is 37.2 Å². The maximum absolute atomic E-state index is 13.6. The number of aliphatic hydroxyl groups excluding tert-OH is 1. The van der Waals surface area contributed by atoms with Crippen LogP contribution in [0.15, 0.2) is 48.5 Å². The van der Waals surface area contributed by atoms with E-state index in [2.05, 4.69) is 0 Å². The lowest BCUT2D eigenvalue weighted by Crippen LogP contribution is -2.21. The third-order valence-corrected chi connectivity index (χ3v) is 3.40. The van der Waals surface area contributed by atoms with E-state index >= 15 is 0 Å². The van der Waals surface area contributed by atoms with Crippen LogP contribution in [0.3, 0.4) is 0 Å². The summed E-state index contributed by atoms with van der Waals surface area (Å²) in [7, 11) is 1.93. The molecule has 2 aromatic rings. The SMILES string of the molecule is CN(CCC(O)c1cc(F)ccc1F)Cc1ccccc1. The van der Waals surface area contributed by atoms with Crippen molar-refractivity contribution >= 4 is 0 Å². The Morgan fingerprint density at radius 2 is 1.81 bits per heavy atom. The molecule has 0 aliphatic carbocycles. The van der Waals surface area contributed by atoms with Crippen molar-refractivity contribution in [3.8, 4) is 0 Å². The first-order valence-electron chi connectivity index (χ1n) is 6.92. The smallest absolute Gasteiger partial charge is 0.129 e. The van der Waals surface area contributed by atoms with Crippen LogP contribution in [-0.2, 0) is 6.54 Å². The Bertz CT molecular complexity index is 574. The van der Waals surface area contributed by atoms with Gasteiger partial charge in [0.1, 0.15) is 11.6 Å². The maximum Gasteiger partial charge on any atom is 0.129 e. The molecule has 1 unspecified atom stereocenters. The maximum atomic E-state index is 13.6. The molecule has 0 bridgehead atoms. The lowest BCUT2D eigenvalue weighted by Gasteiger charge is -2.19. The first kappa shape index (κ1) is 15.6. The molecule has 0 heterocycles. The summed E-state index contributed by atoms with van der Waals surface area (Å²) in [6.07, 6.45) is -0.650. The summed E-state index contributed by atoms with van der Waals surface area (Å²) in [6.45, 7) is 1.34. The number of benzene rings is 2. The highest BCUT2D eigenvalue weighted by Crippen LogP contribution is 2.21. The van der Waals surface area contributed by atoms with Gasteiger partial charge in [0.25, 0.3) is 0 Å². The summed E-state index contributed by atoms with van der Waals surface area (Å²) in [5.41, 5.74) is 1.19. The van der Waals surface area contributed by atoms with Crippen LogP contribution in [0.1, 0.15) is 23.7 Å². The minimum absolute atomic E-state index is 0.0168. The molecule has 0 aliphatic rings. The Labute approximate surface area is 123 Å². The Morgan fingerprint density at radius 3 is 2.52 bits per heavy atom. The van der Waals surface area contributed by atoms with Crippen LogP contribution in [0.4, 0.5) is 8.78 Å². The Hall–Kier alpha value is -1.78. The summed E-state index contributed by atoms with van der Waals surface area (Å²) in [5, 5.41) is 10.0. The van der Waals surface area contributed by atoms with Crippen LogP contribution in [0.5, 0.6) is 0 Å². The van der Waals surface area contributed by atoms with E-state index in [9.17, 15) is 13.9 Å². The third-order valence-electron chi connectivity index (χ3n) is 3.40. The van der Waals surface area contributed by atoms with E-state index in [4.69, 9.17) is 0 Å². The van der Waals surface area contributed by atoms with Crippen molar-refractivity contribution in [3.05, 3.63) is 71.3 Å². The topological polar surface area (TPSA) is 23.5 Å². The summed E-state index contributed by atoms with van der Waals surface area (Å²) < 4.78 is 26.7. The molecule has 0 radical (unpaired) electrons. The molecule has 0 saturated carbocycles. The standard InChI is InChI=1S/C17H19F2NO/c1-20(12-13-5-3-2-4-6-13)10-9-17(21)15-11-14(18)7-8-16(15)19/h2-8,11,17,21H,9-10,12H2,1H3. The van der Waals surface area contributed by atoms with Crippen LogP contribution in [0.2, 0.25) is 0 Å². The normalized spacial score (nSPS) is 12.6. The van der Waals surface area contributed by atoms with Gasteiger partial charge in [-0.1, -0.05) is 30.3 Å². The molecule has 2 rings (SSSR count). The van der Waals surface area contributed by atoms with Gasteiger partial charge in [0.15, 0.2) is 0 Å². The zero-order valence-electron chi connectivity index (χ0n) is 12.0. The minimum atomic E-state index is -1.00. The first-order valence-corrected chi connectivity index (χ1v) is 6.92. The number of aliphatic hydroxyl groups is 1. The average molecular weight is 291 g/mol. The summed E-state index contributed by atoms with van der Waals surface area (Å²) >= 11 is 0. The fraction of sp³-hybridized carbons (Fsp3) is 0.294. The van der Waals surface area contributed by atoms with E-state index < -0.39 is 17.7 Å². The van der Waals surface area contributed by atoms with Crippen LogP contribution in [-0.4, -0.2) is 23.6 Å². The van der Waals surface area contributed by atoms with Crippen molar-refractivity contribution in [2.75, 3.05) is 13.6 Å². The van der Waals surface area contributed by atoms with E-state index in [0.29, 0.717) is 13.0 Å². The molecule has 0 fully saturated rings. The third kappa shape index (κ3) is 4.62. The first-order chi connectivity index (χ1) is 10.1. The van der Waals surface area contributed by atoms with Crippen LogP contribution >= 0.6 is 0 Å². The van der Waals surface area contributed by atoms with Gasteiger partial charge < -0.3 is 10.0 Å². The largest absolute Gasteiger partial charge is 0.388 e. The zero-order chi connectivity index (χ0) is 15.2. The molecule has 2 nitrogen and oxygen atoms in total. The molecule has 1 atom stereocenters. The molecule has 2 aromatic carbocycles. The van der Waals surface area contributed by atoms with Gasteiger partial charge in [-0.2, -0.15) is 0 Å². The van der Waals surface area contributed by atoms with Crippen molar-refractivity contribution in [3.63, 3.8) is 0 Å². The molecule has 4 heteroatoms. The molecule has 0 amide bonds. The number of nitrogens with zero attached hydrogens (tertiary/aromatic N) is 1. The van der Waals surface area contributed by atoms with Crippen molar-refractivity contribution in [2.45, 2.75) is 19.1 Å². The van der Waals surface area contributed by atoms with E-state index in [1.54, 1.807) is 0 Å². The highest BCUT2D eigenvalue weighted by Gasteiger charge is 2.14.